The van der Waals surface area contributed by atoms with Crippen LogP contribution in [-0.4, -0.2) is 38.9 Å². The minimum atomic E-state index is -3.98. The number of benzene rings is 2. The second-order valence-corrected chi connectivity index (χ2v) is 10.2. The summed E-state index contributed by atoms with van der Waals surface area (Å²) in [4.78, 5) is 26.7. The Morgan fingerprint density at radius 2 is 1.88 bits per heavy atom. The van der Waals surface area contributed by atoms with Gasteiger partial charge in [-0.25, -0.2) is 8.42 Å². The molecule has 0 radical (unpaired) electrons. The van der Waals surface area contributed by atoms with Crippen molar-refractivity contribution in [1.82, 2.24) is 4.72 Å². The molecule has 2 amide bonds. The van der Waals surface area contributed by atoms with Crippen LogP contribution in [0, 0.1) is 5.92 Å². The second kappa shape index (κ2) is 9.93. The first kappa shape index (κ1) is 24.7. The Labute approximate surface area is 195 Å². The van der Waals surface area contributed by atoms with Crippen LogP contribution in [0.1, 0.15) is 40.2 Å². The van der Waals surface area contributed by atoms with Crippen LogP contribution >= 0.6 is 0 Å². The molecule has 9 heteroatoms. The van der Waals surface area contributed by atoms with E-state index >= 15 is 0 Å². The predicted octanol–water partition coefficient (Wildman–Crippen LogP) is 3.32. The molecule has 2 aromatic rings. The van der Waals surface area contributed by atoms with Gasteiger partial charge in [-0.2, -0.15) is 4.72 Å². The summed E-state index contributed by atoms with van der Waals surface area (Å²) < 4.78 is 34.4. The van der Waals surface area contributed by atoms with Crippen LogP contribution < -0.4 is 19.7 Å². The van der Waals surface area contributed by atoms with Gasteiger partial charge in [-0.05, 0) is 62.1 Å². The average Bonchev–Trinajstić information content (AvgIpc) is 3.08. The zero-order valence-electron chi connectivity index (χ0n) is 19.6. The van der Waals surface area contributed by atoms with E-state index < -0.39 is 22.0 Å². The Morgan fingerprint density at radius 3 is 2.52 bits per heavy atom. The molecular formula is C24H31N3O5S. The highest BCUT2D eigenvalue weighted by atomic mass is 32.2. The summed E-state index contributed by atoms with van der Waals surface area (Å²) in [5.41, 5.74) is 1.99. The third kappa shape index (κ3) is 5.36. The lowest BCUT2D eigenvalue weighted by Gasteiger charge is -2.23. The third-order valence-corrected chi connectivity index (χ3v) is 7.03. The number of rotatable bonds is 8. The summed E-state index contributed by atoms with van der Waals surface area (Å²) in [7, 11) is -3.98. The second-order valence-electron chi connectivity index (χ2n) is 8.49. The number of ether oxygens (including phenoxy) is 1. The van der Waals surface area contributed by atoms with Gasteiger partial charge >= 0.3 is 0 Å². The Bertz CT molecular complexity index is 1150. The molecule has 0 spiro atoms. The number of nitrogens with zero attached hydrogens (tertiary/aromatic N) is 1. The van der Waals surface area contributed by atoms with Gasteiger partial charge in [-0.15, -0.1) is 0 Å². The van der Waals surface area contributed by atoms with E-state index in [1.807, 2.05) is 13.8 Å². The molecule has 1 aliphatic rings. The highest BCUT2D eigenvalue weighted by Crippen LogP contribution is 2.34. The predicted molar refractivity (Wildman–Crippen MR) is 128 cm³/mol. The summed E-state index contributed by atoms with van der Waals surface area (Å²) >= 11 is 0. The molecule has 2 N–H and O–H groups in total. The summed E-state index contributed by atoms with van der Waals surface area (Å²) in [6, 6.07) is 10.7. The fourth-order valence-electron chi connectivity index (χ4n) is 4.04. The number of hydrogen-bond acceptors (Lipinski definition) is 5. The van der Waals surface area contributed by atoms with Crippen molar-refractivity contribution in [3.05, 3.63) is 48.0 Å². The average molecular weight is 474 g/mol. The monoisotopic (exact) mass is 473 g/mol. The first-order valence-electron chi connectivity index (χ1n) is 11.0. The summed E-state index contributed by atoms with van der Waals surface area (Å²) in [5.74, 6) is -0.347. The zero-order chi connectivity index (χ0) is 24.3. The molecule has 8 nitrogen and oxygen atoms in total. The Balaban J connectivity index is 1.83. The Hall–Kier alpha value is -2.91. The van der Waals surface area contributed by atoms with Crippen LogP contribution in [0.4, 0.5) is 11.4 Å². The normalized spacial score (nSPS) is 16.4. The number of hydrogen-bond donors (Lipinski definition) is 2. The Morgan fingerprint density at radius 1 is 1.18 bits per heavy atom. The fourth-order valence-corrected chi connectivity index (χ4v) is 5.44. The first-order valence-corrected chi connectivity index (χ1v) is 12.5. The minimum Gasteiger partial charge on any atom is -0.492 e. The molecule has 1 aliphatic heterocycles. The quantitative estimate of drug-likeness (QED) is 0.612. The van der Waals surface area contributed by atoms with Gasteiger partial charge in [0.15, 0.2) is 0 Å². The number of carbonyl (C=O) groups excluding carboxylic acids is 2. The molecular weight excluding hydrogens is 442 g/mol. The highest BCUT2D eigenvalue weighted by Gasteiger charge is 2.32. The van der Waals surface area contributed by atoms with E-state index in [9.17, 15) is 18.0 Å². The van der Waals surface area contributed by atoms with E-state index in [-0.39, 0.29) is 22.8 Å². The fraction of sp³-hybridized carbons (Fsp3) is 0.417. The number of nitrogens with one attached hydrogen (secondary N) is 2. The summed E-state index contributed by atoms with van der Waals surface area (Å²) in [6.45, 7) is 9.24. The van der Waals surface area contributed by atoms with Crippen molar-refractivity contribution >= 4 is 33.2 Å². The van der Waals surface area contributed by atoms with Crippen molar-refractivity contribution in [3.8, 4) is 5.75 Å². The third-order valence-electron chi connectivity index (χ3n) is 5.59. The van der Waals surface area contributed by atoms with Gasteiger partial charge in [-0.3, -0.25) is 9.59 Å². The molecule has 2 aromatic carbocycles. The molecule has 0 unspecified atom stereocenters. The van der Waals surface area contributed by atoms with Gasteiger partial charge in [0.25, 0.3) is 0 Å². The van der Waals surface area contributed by atoms with E-state index in [1.54, 1.807) is 55.1 Å². The molecule has 0 aliphatic carbocycles. The standard InChI is InChI=1S/C24H31N3O5S/c1-6-32-22-10-8-7-9-20(22)25-24(29)23(15(2)3)26-33(30,31)19-11-12-21-18(14-19)13-16(4)27(21)17(5)28/h7-12,14-16,23,26H,6,13H2,1-5H3,(H,25,29)/t16-,23+/m1/s1. The van der Waals surface area contributed by atoms with Gasteiger partial charge in [0.05, 0.1) is 17.2 Å². The maximum atomic E-state index is 13.2. The molecule has 178 valence electrons. The molecule has 0 saturated heterocycles. The van der Waals surface area contributed by atoms with E-state index in [0.29, 0.717) is 24.5 Å². The van der Waals surface area contributed by atoms with Crippen molar-refractivity contribution in [2.45, 2.75) is 58.0 Å². The van der Waals surface area contributed by atoms with Crippen molar-refractivity contribution in [3.63, 3.8) is 0 Å². The number of sulfonamides is 1. The van der Waals surface area contributed by atoms with Crippen LogP contribution in [0.2, 0.25) is 0 Å². The largest absolute Gasteiger partial charge is 0.492 e. The molecule has 0 bridgehead atoms. The van der Waals surface area contributed by atoms with E-state index in [2.05, 4.69) is 10.0 Å². The first-order chi connectivity index (χ1) is 15.5. The Kier molecular flexibility index (Phi) is 7.44. The van der Waals surface area contributed by atoms with Crippen LogP contribution in [0.25, 0.3) is 0 Å². The number of fused-ring (bicyclic) bond motifs is 1. The van der Waals surface area contributed by atoms with Crippen molar-refractivity contribution in [2.24, 2.45) is 5.92 Å². The lowest BCUT2D eigenvalue weighted by atomic mass is 10.0. The number of anilines is 2. The number of para-hydroxylation sites is 2. The summed E-state index contributed by atoms with van der Waals surface area (Å²) in [6.07, 6.45) is 0.570. The molecule has 2 atom stereocenters. The van der Waals surface area contributed by atoms with Crippen LogP contribution in [0.3, 0.4) is 0 Å². The van der Waals surface area contributed by atoms with Crippen molar-refractivity contribution in [2.75, 3.05) is 16.8 Å². The lowest BCUT2D eigenvalue weighted by Crippen LogP contribution is -2.47. The van der Waals surface area contributed by atoms with Crippen LogP contribution in [0.5, 0.6) is 5.75 Å². The highest BCUT2D eigenvalue weighted by molar-refractivity contribution is 7.89. The lowest BCUT2D eigenvalue weighted by molar-refractivity contribution is -0.118. The molecule has 3 rings (SSSR count). The van der Waals surface area contributed by atoms with Crippen molar-refractivity contribution < 1.29 is 22.7 Å². The van der Waals surface area contributed by atoms with Crippen LogP contribution in [-0.2, 0) is 26.0 Å². The SMILES string of the molecule is CCOc1ccccc1NC(=O)[C@@H](NS(=O)(=O)c1ccc2c(c1)C[C@@H](C)N2C(C)=O)C(C)C. The molecule has 33 heavy (non-hydrogen) atoms. The minimum absolute atomic E-state index is 0.0389. The van der Waals surface area contributed by atoms with Crippen LogP contribution in [0.15, 0.2) is 47.4 Å². The van der Waals surface area contributed by atoms with E-state index in [1.165, 1.54) is 13.0 Å². The van der Waals surface area contributed by atoms with Gasteiger partial charge in [0.2, 0.25) is 21.8 Å². The molecule has 0 fully saturated rings. The molecule has 0 saturated carbocycles. The maximum absolute atomic E-state index is 13.2. The van der Waals surface area contributed by atoms with E-state index in [0.717, 1.165) is 11.3 Å². The van der Waals surface area contributed by atoms with Gasteiger partial charge in [0.1, 0.15) is 11.8 Å². The smallest absolute Gasteiger partial charge is 0.242 e. The number of amides is 2. The maximum Gasteiger partial charge on any atom is 0.242 e. The van der Waals surface area contributed by atoms with Gasteiger partial charge < -0.3 is 15.0 Å². The zero-order valence-corrected chi connectivity index (χ0v) is 20.4. The molecule has 0 aromatic heterocycles. The topological polar surface area (TPSA) is 105 Å². The van der Waals surface area contributed by atoms with Gasteiger partial charge in [0, 0.05) is 18.7 Å². The molecule has 1 heterocycles. The van der Waals surface area contributed by atoms with Gasteiger partial charge in [-0.1, -0.05) is 26.0 Å². The van der Waals surface area contributed by atoms with Crippen molar-refractivity contribution in [1.29, 1.82) is 0 Å². The van der Waals surface area contributed by atoms with E-state index in [4.69, 9.17) is 4.74 Å². The number of carbonyl (C=O) groups is 2. The summed E-state index contributed by atoms with van der Waals surface area (Å²) in [5, 5.41) is 2.78.